The maximum atomic E-state index is 13.0. The molecule has 0 spiro atoms. The molecule has 0 radical (unpaired) electrons. The Kier molecular flexibility index (Phi) is 4.73. The molecule has 4 nitrogen and oxygen atoms in total. The van der Waals surface area contributed by atoms with E-state index < -0.39 is 5.92 Å². The molecule has 1 heterocycles. The van der Waals surface area contributed by atoms with Gasteiger partial charge in [0.15, 0.2) is 0 Å². The summed E-state index contributed by atoms with van der Waals surface area (Å²) < 4.78 is 13.0. The van der Waals surface area contributed by atoms with Crippen LogP contribution in [0.2, 0.25) is 10.0 Å². The molecular formula is C17H13Cl2FN2O2. The van der Waals surface area contributed by atoms with Crippen molar-refractivity contribution in [1.29, 1.82) is 0 Å². The molecule has 124 valence electrons. The highest BCUT2D eigenvalue weighted by Gasteiger charge is 2.35. The topological polar surface area (TPSA) is 49.4 Å². The van der Waals surface area contributed by atoms with Crippen LogP contribution in [0.25, 0.3) is 0 Å². The zero-order valence-corrected chi connectivity index (χ0v) is 13.9. The second-order valence-corrected chi connectivity index (χ2v) is 6.40. The van der Waals surface area contributed by atoms with Crippen molar-refractivity contribution in [3.8, 4) is 0 Å². The van der Waals surface area contributed by atoms with E-state index >= 15 is 0 Å². The Labute approximate surface area is 148 Å². The van der Waals surface area contributed by atoms with Crippen molar-refractivity contribution in [3.05, 3.63) is 58.3 Å². The van der Waals surface area contributed by atoms with Gasteiger partial charge in [0.1, 0.15) is 5.82 Å². The fraction of sp³-hybridized carbons (Fsp3) is 0.176. The first-order valence-corrected chi connectivity index (χ1v) is 8.01. The Morgan fingerprint density at radius 1 is 1.12 bits per heavy atom. The Morgan fingerprint density at radius 3 is 2.38 bits per heavy atom. The van der Waals surface area contributed by atoms with Crippen LogP contribution in [-0.2, 0) is 9.59 Å². The predicted molar refractivity (Wildman–Crippen MR) is 92.0 cm³/mol. The molecule has 1 atom stereocenters. The smallest absolute Gasteiger partial charge is 0.229 e. The molecule has 0 aliphatic carbocycles. The van der Waals surface area contributed by atoms with Crippen molar-refractivity contribution in [3.63, 3.8) is 0 Å². The van der Waals surface area contributed by atoms with Crippen LogP contribution in [0.15, 0.2) is 42.5 Å². The average Bonchev–Trinajstić information content (AvgIpc) is 2.89. The summed E-state index contributed by atoms with van der Waals surface area (Å²) in [5.41, 5.74) is 1.05. The summed E-state index contributed by atoms with van der Waals surface area (Å²) in [5.74, 6) is -1.34. The van der Waals surface area contributed by atoms with Crippen molar-refractivity contribution in [1.82, 2.24) is 0 Å². The van der Waals surface area contributed by atoms with Crippen LogP contribution in [-0.4, -0.2) is 18.4 Å². The third kappa shape index (κ3) is 3.68. The van der Waals surface area contributed by atoms with Crippen LogP contribution in [0.4, 0.5) is 15.8 Å². The van der Waals surface area contributed by atoms with Crippen molar-refractivity contribution in [2.45, 2.75) is 6.42 Å². The molecule has 2 amide bonds. The van der Waals surface area contributed by atoms with Crippen molar-refractivity contribution in [2.75, 3.05) is 16.8 Å². The molecule has 7 heteroatoms. The van der Waals surface area contributed by atoms with Gasteiger partial charge in [-0.2, -0.15) is 0 Å². The maximum absolute atomic E-state index is 13.0. The molecule has 1 N–H and O–H groups in total. The number of hydrogen-bond acceptors (Lipinski definition) is 2. The number of halogens is 3. The van der Waals surface area contributed by atoms with Crippen LogP contribution in [0, 0.1) is 11.7 Å². The lowest BCUT2D eigenvalue weighted by Crippen LogP contribution is -2.28. The van der Waals surface area contributed by atoms with Gasteiger partial charge in [0, 0.05) is 34.4 Å². The zero-order chi connectivity index (χ0) is 17.3. The van der Waals surface area contributed by atoms with Crippen LogP contribution in [0.3, 0.4) is 0 Å². The summed E-state index contributed by atoms with van der Waals surface area (Å²) >= 11 is 11.8. The number of nitrogens with one attached hydrogen (secondary N) is 1. The lowest BCUT2D eigenvalue weighted by atomic mass is 10.1. The molecule has 2 aromatic carbocycles. The van der Waals surface area contributed by atoms with Gasteiger partial charge in [0.05, 0.1) is 5.92 Å². The minimum Gasteiger partial charge on any atom is -0.326 e. The van der Waals surface area contributed by atoms with Gasteiger partial charge in [0.2, 0.25) is 11.8 Å². The average molecular weight is 367 g/mol. The van der Waals surface area contributed by atoms with Gasteiger partial charge in [-0.05, 0) is 42.5 Å². The molecule has 0 aromatic heterocycles. The van der Waals surface area contributed by atoms with E-state index in [0.717, 1.165) is 0 Å². The van der Waals surface area contributed by atoms with Gasteiger partial charge >= 0.3 is 0 Å². The van der Waals surface area contributed by atoms with Crippen molar-refractivity contribution >= 4 is 46.4 Å². The summed E-state index contributed by atoms with van der Waals surface area (Å²) in [6, 6.07) is 10.3. The molecule has 2 aromatic rings. The number of carbonyl (C=O) groups is 2. The summed E-state index contributed by atoms with van der Waals surface area (Å²) in [6.45, 7) is 0.241. The first-order valence-electron chi connectivity index (χ1n) is 7.25. The predicted octanol–water partition coefficient (Wildman–Crippen LogP) is 4.12. The number of rotatable bonds is 3. The van der Waals surface area contributed by atoms with Crippen LogP contribution in [0.1, 0.15) is 6.42 Å². The van der Waals surface area contributed by atoms with Crippen LogP contribution >= 0.6 is 23.2 Å². The minimum absolute atomic E-state index is 0.0947. The standard InChI is InChI=1S/C17H13Cl2FN2O2/c18-11-6-12(19)8-14(7-11)21-17(24)10-5-16(23)22(9-10)15-3-1-13(20)2-4-15/h1-4,6-8,10H,5,9H2,(H,21,24)/t10-/m1/s1. The summed E-state index contributed by atoms with van der Waals surface area (Å²) in [7, 11) is 0. The molecule has 1 saturated heterocycles. The van der Waals surface area contributed by atoms with E-state index in [1.165, 1.54) is 29.2 Å². The number of amides is 2. The summed E-state index contributed by atoms with van der Waals surface area (Å²) in [5, 5.41) is 3.54. The molecule has 0 saturated carbocycles. The number of anilines is 2. The molecule has 24 heavy (non-hydrogen) atoms. The van der Waals surface area contributed by atoms with Gasteiger partial charge in [0.25, 0.3) is 0 Å². The quantitative estimate of drug-likeness (QED) is 0.887. The Bertz CT molecular complexity index is 775. The second kappa shape index (κ2) is 6.79. The third-order valence-corrected chi connectivity index (χ3v) is 4.20. The normalized spacial score (nSPS) is 17.2. The molecule has 1 aliphatic heterocycles. The van der Waals surface area contributed by atoms with Crippen LogP contribution < -0.4 is 10.2 Å². The van der Waals surface area contributed by atoms with Gasteiger partial charge in [-0.1, -0.05) is 23.2 Å². The van der Waals surface area contributed by atoms with E-state index in [9.17, 15) is 14.0 Å². The highest BCUT2D eigenvalue weighted by molar-refractivity contribution is 6.35. The van der Waals surface area contributed by atoms with E-state index in [-0.39, 0.29) is 30.6 Å². The fourth-order valence-electron chi connectivity index (χ4n) is 2.62. The van der Waals surface area contributed by atoms with E-state index in [4.69, 9.17) is 23.2 Å². The highest BCUT2D eigenvalue weighted by atomic mass is 35.5. The van der Waals surface area contributed by atoms with Crippen LogP contribution in [0.5, 0.6) is 0 Å². The Hall–Kier alpha value is -2.11. The third-order valence-electron chi connectivity index (χ3n) is 3.76. The summed E-state index contributed by atoms with van der Waals surface area (Å²) in [4.78, 5) is 26.0. The second-order valence-electron chi connectivity index (χ2n) is 5.53. The number of carbonyl (C=O) groups excluding carboxylic acids is 2. The van der Waals surface area contributed by atoms with E-state index in [0.29, 0.717) is 21.4 Å². The molecule has 0 bridgehead atoms. The SMILES string of the molecule is O=C(Nc1cc(Cl)cc(Cl)c1)[C@@H]1CC(=O)N(c2ccc(F)cc2)C1. The van der Waals surface area contributed by atoms with E-state index in [1.807, 2.05) is 0 Å². The lowest BCUT2D eigenvalue weighted by molar-refractivity contribution is -0.122. The van der Waals surface area contributed by atoms with Gasteiger partial charge in [-0.15, -0.1) is 0 Å². The van der Waals surface area contributed by atoms with Crippen molar-refractivity contribution < 1.29 is 14.0 Å². The molecule has 0 unspecified atom stereocenters. The lowest BCUT2D eigenvalue weighted by Gasteiger charge is -2.16. The van der Waals surface area contributed by atoms with Gasteiger partial charge < -0.3 is 10.2 Å². The van der Waals surface area contributed by atoms with Gasteiger partial charge in [-0.25, -0.2) is 4.39 Å². The Balaban J connectivity index is 1.70. The highest BCUT2D eigenvalue weighted by Crippen LogP contribution is 2.27. The molecule has 3 rings (SSSR count). The summed E-state index contributed by atoms with van der Waals surface area (Å²) in [6.07, 6.45) is 0.0947. The molecule has 1 fully saturated rings. The van der Waals surface area contributed by atoms with E-state index in [2.05, 4.69) is 5.32 Å². The largest absolute Gasteiger partial charge is 0.326 e. The Morgan fingerprint density at radius 2 is 1.75 bits per heavy atom. The minimum atomic E-state index is -0.500. The zero-order valence-electron chi connectivity index (χ0n) is 12.4. The first-order chi connectivity index (χ1) is 11.4. The fourth-order valence-corrected chi connectivity index (χ4v) is 3.15. The monoisotopic (exact) mass is 366 g/mol. The molecule has 1 aliphatic rings. The van der Waals surface area contributed by atoms with Crippen molar-refractivity contribution in [2.24, 2.45) is 5.92 Å². The molecular weight excluding hydrogens is 354 g/mol. The van der Waals surface area contributed by atoms with Gasteiger partial charge in [-0.3, -0.25) is 9.59 Å². The van der Waals surface area contributed by atoms with E-state index in [1.54, 1.807) is 18.2 Å². The maximum Gasteiger partial charge on any atom is 0.229 e. The first kappa shape index (κ1) is 16.7. The number of nitrogens with zero attached hydrogens (tertiary/aromatic N) is 1. The number of benzene rings is 2. The number of hydrogen-bond donors (Lipinski definition) is 1.